The molecule has 0 atom stereocenters. The smallest absolute Gasteiger partial charge is 0.352 e. The Balaban J connectivity index is 1.67. The van der Waals surface area contributed by atoms with Crippen LogP contribution in [0.5, 0.6) is 0 Å². The fourth-order valence-corrected chi connectivity index (χ4v) is 3.52. The molecular weight excluding hydrogens is 407 g/mol. The molecule has 152 valence electrons. The molecule has 27 heavy (non-hydrogen) atoms. The Kier molecular flexibility index (Phi) is 7.49. The van der Waals surface area contributed by atoms with E-state index in [9.17, 15) is 26.4 Å². The zero-order valence-corrected chi connectivity index (χ0v) is 16.0. The normalized spacial score (nSPS) is 17.0. The van der Waals surface area contributed by atoms with Crippen molar-refractivity contribution in [1.82, 2.24) is 14.9 Å². The number of likely N-dealkylation sites (tertiary alicyclic amines) is 1. The van der Waals surface area contributed by atoms with Crippen LogP contribution in [0.2, 0.25) is 5.02 Å². The number of nitrogens with one attached hydrogen (secondary N) is 2. The lowest BCUT2D eigenvalue weighted by Gasteiger charge is -2.32. The molecule has 1 fully saturated rings. The van der Waals surface area contributed by atoms with Crippen LogP contribution < -0.4 is 10.0 Å². The Morgan fingerprint density at radius 3 is 2.52 bits per heavy atom. The van der Waals surface area contributed by atoms with Crippen LogP contribution in [-0.2, 0) is 10.0 Å². The van der Waals surface area contributed by atoms with Crippen LogP contribution in [-0.4, -0.2) is 57.5 Å². The van der Waals surface area contributed by atoms with Gasteiger partial charge in [0.05, 0.1) is 0 Å². The number of benzene rings is 1. The third-order valence-corrected chi connectivity index (χ3v) is 5.80. The summed E-state index contributed by atoms with van der Waals surface area (Å²) in [6.07, 6.45) is 1.53. The van der Waals surface area contributed by atoms with Crippen molar-refractivity contribution in [2.75, 3.05) is 32.7 Å². The van der Waals surface area contributed by atoms with E-state index in [1.807, 2.05) is 4.90 Å². The summed E-state index contributed by atoms with van der Waals surface area (Å²) in [4.78, 5) is 14.0. The van der Waals surface area contributed by atoms with Gasteiger partial charge in [0.2, 0.25) is 0 Å². The zero-order valence-electron chi connectivity index (χ0n) is 14.4. The average molecular weight is 428 g/mol. The molecule has 1 amide bonds. The van der Waals surface area contributed by atoms with Crippen molar-refractivity contribution in [3.63, 3.8) is 0 Å². The van der Waals surface area contributed by atoms with Gasteiger partial charge in [0.15, 0.2) is 0 Å². The molecule has 0 aliphatic carbocycles. The maximum Gasteiger partial charge on any atom is 0.511 e. The summed E-state index contributed by atoms with van der Waals surface area (Å²) < 4.78 is 60.1. The molecule has 1 aliphatic rings. The van der Waals surface area contributed by atoms with Crippen molar-refractivity contribution in [1.29, 1.82) is 0 Å². The molecule has 1 heterocycles. The third kappa shape index (κ3) is 6.63. The summed E-state index contributed by atoms with van der Waals surface area (Å²) >= 11 is 5.86. The molecule has 0 saturated carbocycles. The lowest BCUT2D eigenvalue weighted by atomic mass is 9.96. The van der Waals surface area contributed by atoms with E-state index in [0.717, 1.165) is 12.8 Å². The fourth-order valence-electron chi connectivity index (χ4n) is 2.80. The molecule has 0 unspecified atom stereocenters. The van der Waals surface area contributed by atoms with Gasteiger partial charge in [0.25, 0.3) is 5.91 Å². The first-order valence-corrected chi connectivity index (χ1v) is 10.3. The van der Waals surface area contributed by atoms with Crippen molar-refractivity contribution in [3.05, 3.63) is 34.9 Å². The molecular formula is C16H21ClF3N3O3S. The summed E-state index contributed by atoms with van der Waals surface area (Å²) in [5.74, 6) is 0.0535. The topological polar surface area (TPSA) is 78.5 Å². The quantitative estimate of drug-likeness (QED) is 0.699. The Morgan fingerprint density at radius 1 is 1.26 bits per heavy atom. The van der Waals surface area contributed by atoms with Gasteiger partial charge in [-0.1, -0.05) is 17.7 Å². The van der Waals surface area contributed by atoms with E-state index in [0.29, 0.717) is 30.2 Å². The van der Waals surface area contributed by atoms with Crippen LogP contribution in [0.25, 0.3) is 0 Å². The number of piperidine rings is 1. The minimum Gasteiger partial charge on any atom is -0.352 e. The number of carbonyl (C=O) groups is 1. The van der Waals surface area contributed by atoms with E-state index in [-0.39, 0.29) is 24.9 Å². The van der Waals surface area contributed by atoms with Gasteiger partial charge < -0.3 is 10.2 Å². The highest BCUT2D eigenvalue weighted by Gasteiger charge is 2.45. The van der Waals surface area contributed by atoms with Gasteiger partial charge in [-0.25, -0.2) is 13.1 Å². The fraction of sp³-hybridized carbons (Fsp3) is 0.562. The first-order chi connectivity index (χ1) is 12.6. The minimum absolute atomic E-state index is 0.205. The number of carbonyl (C=O) groups excluding carboxylic acids is 1. The van der Waals surface area contributed by atoms with E-state index in [1.165, 1.54) is 0 Å². The molecule has 2 N–H and O–H groups in total. The van der Waals surface area contributed by atoms with Crippen molar-refractivity contribution in [3.8, 4) is 0 Å². The minimum atomic E-state index is -5.29. The predicted octanol–water partition coefficient (Wildman–Crippen LogP) is 2.22. The Hall–Kier alpha value is -1.36. The highest BCUT2D eigenvalue weighted by Crippen LogP contribution is 2.21. The zero-order chi connectivity index (χ0) is 20.1. The summed E-state index contributed by atoms with van der Waals surface area (Å²) in [6, 6.07) is 6.64. The van der Waals surface area contributed by atoms with E-state index in [2.05, 4.69) is 5.32 Å². The highest BCUT2D eigenvalue weighted by atomic mass is 35.5. The summed E-state index contributed by atoms with van der Waals surface area (Å²) in [6.45, 7) is 1.67. The van der Waals surface area contributed by atoms with Gasteiger partial charge in [0, 0.05) is 30.2 Å². The maximum atomic E-state index is 12.2. The van der Waals surface area contributed by atoms with Crippen molar-refractivity contribution in [2.24, 2.45) is 5.92 Å². The number of halogens is 4. The Bertz CT molecular complexity index is 751. The molecule has 2 rings (SSSR count). The number of alkyl halides is 3. The third-order valence-electron chi connectivity index (χ3n) is 4.37. The lowest BCUT2D eigenvalue weighted by Crippen LogP contribution is -2.44. The van der Waals surface area contributed by atoms with Crippen LogP contribution >= 0.6 is 11.6 Å². The van der Waals surface area contributed by atoms with Gasteiger partial charge in [-0.2, -0.15) is 13.2 Å². The van der Waals surface area contributed by atoms with Gasteiger partial charge in [-0.05, 0) is 50.0 Å². The Morgan fingerprint density at radius 2 is 1.93 bits per heavy atom. The van der Waals surface area contributed by atoms with Gasteiger partial charge in [-0.3, -0.25) is 4.79 Å². The molecule has 1 aromatic carbocycles. The number of hydrogen-bond acceptors (Lipinski definition) is 4. The average Bonchev–Trinajstić information content (AvgIpc) is 2.59. The number of sulfonamides is 1. The summed E-state index contributed by atoms with van der Waals surface area (Å²) in [5, 5.41) is 3.34. The molecule has 11 heteroatoms. The molecule has 0 bridgehead atoms. The first kappa shape index (κ1) is 21.9. The second kappa shape index (κ2) is 9.22. The molecule has 1 aliphatic heterocycles. The largest absolute Gasteiger partial charge is 0.511 e. The van der Waals surface area contributed by atoms with E-state index < -0.39 is 15.5 Å². The van der Waals surface area contributed by atoms with Crippen molar-refractivity contribution in [2.45, 2.75) is 18.3 Å². The number of rotatable bonds is 7. The van der Waals surface area contributed by atoms with Gasteiger partial charge in [-0.15, -0.1) is 0 Å². The number of amides is 1. The second-order valence-electron chi connectivity index (χ2n) is 6.35. The van der Waals surface area contributed by atoms with Gasteiger partial charge >= 0.3 is 15.5 Å². The van der Waals surface area contributed by atoms with Crippen LogP contribution in [0.4, 0.5) is 13.2 Å². The van der Waals surface area contributed by atoms with Crippen LogP contribution in [0.1, 0.15) is 23.2 Å². The molecule has 0 radical (unpaired) electrons. The standard InChI is InChI=1S/C16H21ClF3N3O3S/c17-14-3-1-2-13(10-14)15(24)21-11-12-4-7-23(8-5-12)9-6-22-27(25,26)16(18,19)20/h1-3,10,12,22H,4-9,11H2,(H,21,24). The van der Waals surface area contributed by atoms with Gasteiger partial charge in [0.1, 0.15) is 0 Å². The molecule has 0 spiro atoms. The van der Waals surface area contributed by atoms with Crippen LogP contribution in [0.3, 0.4) is 0 Å². The Labute approximate surface area is 161 Å². The number of hydrogen-bond donors (Lipinski definition) is 2. The lowest BCUT2D eigenvalue weighted by molar-refractivity contribution is -0.0448. The highest BCUT2D eigenvalue weighted by molar-refractivity contribution is 7.90. The summed E-state index contributed by atoms with van der Waals surface area (Å²) in [5.41, 5.74) is -4.81. The van der Waals surface area contributed by atoms with E-state index in [1.54, 1.807) is 29.0 Å². The monoisotopic (exact) mass is 427 g/mol. The first-order valence-electron chi connectivity index (χ1n) is 8.40. The molecule has 1 saturated heterocycles. The summed E-state index contributed by atoms with van der Waals surface area (Å²) in [7, 11) is -5.29. The predicted molar refractivity (Wildman–Crippen MR) is 95.9 cm³/mol. The van der Waals surface area contributed by atoms with Crippen molar-refractivity contribution >= 4 is 27.5 Å². The number of nitrogens with zero attached hydrogens (tertiary/aromatic N) is 1. The second-order valence-corrected chi connectivity index (χ2v) is 8.54. The maximum absolute atomic E-state index is 12.2. The van der Waals surface area contributed by atoms with E-state index >= 15 is 0 Å². The van der Waals surface area contributed by atoms with Crippen LogP contribution in [0.15, 0.2) is 24.3 Å². The van der Waals surface area contributed by atoms with Crippen molar-refractivity contribution < 1.29 is 26.4 Å². The molecule has 0 aromatic heterocycles. The molecule has 6 nitrogen and oxygen atoms in total. The SMILES string of the molecule is O=C(NCC1CCN(CCNS(=O)(=O)C(F)(F)F)CC1)c1cccc(Cl)c1. The van der Waals surface area contributed by atoms with E-state index in [4.69, 9.17) is 11.6 Å². The molecule has 1 aromatic rings. The van der Waals surface area contributed by atoms with Crippen LogP contribution in [0, 0.1) is 5.92 Å².